The van der Waals surface area contributed by atoms with Crippen LogP contribution in [0, 0.1) is 13.8 Å². The van der Waals surface area contributed by atoms with E-state index in [4.69, 9.17) is 0 Å². The van der Waals surface area contributed by atoms with Crippen LogP contribution in [-0.2, 0) is 4.79 Å². The first-order valence-corrected chi connectivity index (χ1v) is 6.56. The molecule has 0 atom stereocenters. The van der Waals surface area contributed by atoms with E-state index in [1.807, 2.05) is 13.8 Å². The third kappa shape index (κ3) is 2.46. The van der Waals surface area contributed by atoms with E-state index in [1.165, 1.54) is 4.88 Å². The number of nitrogens with zero attached hydrogens (tertiary/aromatic N) is 3. The molecule has 1 amide bonds. The number of anilines is 1. The lowest BCUT2D eigenvalue weighted by molar-refractivity contribution is -0.116. The van der Waals surface area contributed by atoms with Crippen LogP contribution in [0.4, 0.5) is 5.95 Å². The van der Waals surface area contributed by atoms with Crippen molar-refractivity contribution in [2.45, 2.75) is 40.0 Å². The van der Waals surface area contributed by atoms with Crippen LogP contribution in [0.15, 0.2) is 0 Å². The minimum Gasteiger partial charge on any atom is -0.293 e. The maximum Gasteiger partial charge on any atom is 0.250 e. The van der Waals surface area contributed by atoms with E-state index in [9.17, 15) is 4.79 Å². The molecule has 17 heavy (non-hydrogen) atoms. The molecule has 0 aliphatic rings. The summed E-state index contributed by atoms with van der Waals surface area (Å²) < 4.78 is 1.77. The van der Waals surface area contributed by atoms with Crippen molar-refractivity contribution in [3.8, 4) is 0 Å². The summed E-state index contributed by atoms with van der Waals surface area (Å²) in [6.07, 6.45) is 2.44. The normalized spacial score (nSPS) is 11.0. The van der Waals surface area contributed by atoms with Gasteiger partial charge in [0.2, 0.25) is 16.8 Å². The average molecular weight is 252 g/mol. The number of hydrogen-bond donors (Lipinski definition) is 1. The molecule has 92 valence electrons. The number of thiazole rings is 1. The summed E-state index contributed by atoms with van der Waals surface area (Å²) in [6, 6.07) is 0. The molecule has 2 rings (SSSR count). The number of amides is 1. The zero-order valence-electron chi connectivity index (χ0n) is 10.3. The molecule has 0 fully saturated rings. The van der Waals surface area contributed by atoms with Gasteiger partial charge in [0.25, 0.3) is 0 Å². The van der Waals surface area contributed by atoms with E-state index in [0.29, 0.717) is 12.4 Å². The van der Waals surface area contributed by atoms with E-state index >= 15 is 0 Å². The van der Waals surface area contributed by atoms with Gasteiger partial charge in [0, 0.05) is 11.3 Å². The highest BCUT2D eigenvalue weighted by molar-refractivity contribution is 7.17. The third-order valence-corrected chi connectivity index (χ3v) is 3.71. The summed E-state index contributed by atoms with van der Waals surface area (Å²) >= 11 is 1.58. The Morgan fingerprint density at radius 2 is 2.24 bits per heavy atom. The maximum absolute atomic E-state index is 11.5. The minimum atomic E-state index is -0.0144. The number of carbonyl (C=O) groups is 1. The highest BCUT2D eigenvalue weighted by Crippen LogP contribution is 2.21. The summed E-state index contributed by atoms with van der Waals surface area (Å²) in [5.41, 5.74) is 1.08. The Balaban J connectivity index is 2.12. The molecule has 6 heteroatoms. The largest absolute Gasteiger partial charge is 0.293 e. The Kier molecular flexibility index (Phi) is 3.42. The molecule has 0 radical (unpaired) electrons. The van der Waals surface area contributed by atoms with Crippen LogP contribution in [0.5, 0.6) is 0 Å². The van der Waals surface area contributed by atoms with Crippen LogP contribution in [0.2, 0.25) is 0 Å². The van der Waals surface area contributed by atoms with Gasteiger partial charge in [-0.2, -0.15) is 4.98 Å². The van der Waals surface area contributed by atoms with Crippen molar-refractivity contribution in [3.63, 3.8) is 0 Å². The lowest BCUT2D eigenvalue weighted by atomic mass is 10.2. The summed E-state index contributed by atoms with van der Waals surface area (Å²) in [5.74, 6) is 0.389. The first-order chi connectivity index (χ1) is 8.11. The number of unbranched alkanes of at least 4 members (excludes halogenated alkanes) is 1. The molecule has 0 aromatic carbocycles. The van der Waals surface area contributed by atoms with E-state index in [-0.39, 0.29) is 5.91 Å². The van der Waals surface area contributed by atoms with Crippen LogP contribution < -0.4 is 5.32 Å². The van der Waals surface area contributed by atoms with Crippen molar-refractivity contribution in [1.82, 2.24) is 14.6 Å². The van der Waals surface area contributed by atoms with Crippen molar-refractivity contribution >= 4 is 28.2 Å². The van der Waals surface area contributed by atoms with Crippen molar-refractivity contribution in [1.29, 1.82) is 0 Å². The maximum atomic E-state index is 11.5. The fourth-order valence-electron chi connectivity index (χ4n) is 1.52. The van der Waals surface area contributed by atoms with Gasteiger partial charge in [-0.05, 0) is 20.3 Å². The minimum absolute atomic E-state index is 0.0144. The third-order valence-electron chi connectivity index (χ3n) is 2.66. The molecule has 0 unspecified atom stereocenters. The molecule has 0 saturated carbocycles. The highest BCUT2D eigenvalue weighted by Gasteiger charge is 2.12. The Labute approximate surface area is 104 Å². The van der Waals surface area contributed by atoms with Gasteiger partial charge in [-0.3, -0.25) is 10.1 Å². The molecule has 0 aliphatic heterocycles. The number of aromatic nitrogens is 3. The molecule has 2 aromatic heterocycles. The monoisotopic (exact) mass is 252 g/mol. The summed E-state index contributed by atoms with van der Waals surface area (Å²) in [4.78, 5) is 17.8. The molecule has 0 bridgehead atoms. The number of fused-ring (bicyclic) bond motifs is 1. The lowest BCUT2D eigenvalue weighted by Gasteiger charge is -1.98. The van der Waals surface area contributed by atoms with E-state index in [1.54, 1.807) is 15.9 Å². The first kappa shape index (κ1) is 12.0. The van der Waals surface area contributed by atoms with Gasteiger partial charge in [-0.15, -0.1) is 5.10 Å². The topological polar surface area (TPSA) is 59.3 Å². The Bertz CT molecular complexity index is 543. The summed E-state index contributed by atoms with van der Waals surface area (Å²) in [5, 5.41) is 6.99. The highest BCUT2D eigenvalue weighted by atomic mass is 32.1. The number of carbonyl (C=O) groups excluding carboxylic acids is 1. The molecule has 2 aromatic rings. The van der Waals surface area contributed by atoms with Gasteiger partial charge < -0.3 is 0 Å². The van der Waals surface area contributed by atoms with Crippen molar-refractivity contribution in [2.75, 3.05) is 5.32 Å². The van der Waals surface area contributed by atoms with Crippen molar-refractivity contribution in [2.24, 2.45) is 0 Å². The molecule has 2 heterocycles. The summed E-state index contributed by atoms with van der Waals surface area (Å²) in [7, 11) is 0. The van der Waals surface area contributed by atoms with Crippen LogP contribution in [0.1, 0.15) is 36.8 Å². The second-order valence-corrected chi connectivity index (χ2v) is 5.21. The van der Waals surface area contributed by atoms with E-state index in [2.05, 4.69) is 22.3 Å². The Hall–Kier alpha value is -1.43. The average Bonchev–Trinajstić information content (AvgIpc) is 2.77. The van der Waals surface area contributed by atoms with Crippen LogP contribution in [0.3, 0.4) is 0 Å². The number of nitrogens with one attached hydrogen (secondary N) is 1. The van der Waals surface area contributed by atoms with E-state index < -0.39 is 0 Å². The molecule has 1 N–H and O–H groups in total. The van der Waals surface area contributed by atoms with Gasteiger partial charge in [-0.1, -0.05) is 24.7 Å². The number of rotatable bonds is 4. The lowest BCUT2D eigenvalue weighted by Crippen LogP contribution is -2.12. The molecule has 5 nitrogen and oxygen atoms in total. The predicted molar refractivity (Wildman–Crippen MR) is 68.5 cm³/mol. The van der Waals surface area contributed by atoms with Gasteiger partial charge in [0.1, 0.15) is 0 Å². The molecule has 0 aliphatic carbocycles. The fourth-order valence-corrected chi connectivity index (χ4v) is 2.42. The van der Waals surface area contributed by atoms with Gasteiger partial charge in [0.05, 0.1) is 5.69 Å². The molecule has 0 spiro atoms. The van der Waals surface area contributed by atoms with Crippen molar-refractivity contribution in [3.05, 3.63) is 10.6 Å². The van der Waals surface area contributed by atoms with Crippen LogP contribution in [-0.4, -0.2) is 20.5 Å². The standard InChI is InChI=1S/C11H16N4OS/c1-4-5-6-9(16)12-10-13-11-15(14-10)7(2)8(3)17-11/h4-6H2,1-3H3,(H,12,14,16). The second-order valence-electron chi connectivity index (χ2n) is 4.03. The van der Waals surface area contributed by atoms with Gasteiger partial charge in [0.15, 0.2) is 0 Å². The van der Waals surface area contributed by atoms with Gasteiger partial charge >= 0.3 is 0 Å². The summed E-state index contributed by atoms with van der Waals surface area (Å²) in [6.45, 7) is 6.09. The Morgan fingerprint density at radius 3 is 2.88 bits per heavy atom. The number of hydrogen-bond acceptors (Lipinski definition) is 4. The quantitative estimate of drug-likeness (QED) is 0.909. The predicted octanol–water partition coefficient (Wildman–Crippen LogP) is 2.54. The Morgan fingerprint density at radius 1 is 1.47 bits per heavy atom. The van der Waals surface area contributed by atoms with Crippen molar-refractivity contribution < 1.29 is 4.79 Å². The molecule has 0 saturated heterocycles. The molecular formula is C11H16N4OS. The SMILES string of the molecule is CCCCC(=O)Nc1nc2sc(C)c(C)n2n1. The van der Waals surface area contributed by atoms with E-state index in [0.717, 1.165) is 23.5 Å². The first-order valence-electron chi connectivity index (χ1n) is 5.74. The molecular weight excluding hydrogens is 236 g/mol. The zero-order chi connectivity index (χ0) is 12.4. The van der Waals surface area contributed by atoms with Gasteiger partial charge in [-0.25, -0.2) is 4.52 Å². The smallest absolute Gasteiger partial charge is 0.250 e. The van der Waals surface area contributed by atoms with Crippen LogP contribution in [0.25, 0.3) is 4.96 Å². The fraction of sp³-hybridized carbons (Fsp3) is 0.545. The number of aryl methyl sites for hydroxylation is 2. The second kappa shape index (κ2) is 4.83. The van der Waals surface area contributed by atoms with Crippen LogP contribution >= 0.6 is 11.3 Å². The zero-order valence-corrected chi connectivity index (χ0v) is 11.1.